The van der Waals surface area contributed by atoms with Crippen LogP contribution in [0.2, 0.25) is 0 Å². The van der Waals surface area contributed by atoms with Crippen molar-refractivity contribution in [2.45, 2.75) is 59.3 Å². The van der Waals surface area contributed by atoms with Crippen molar-refractivity contribution >= 4 is 11.6 Å². The average molecular weight is 298 g/mol. The van der Waals surface area contributed by atoms with Gasteiger partial charge in [0.1, 0.15) is 5.78 Å². The van der Waals surface area contributed by atoms with E-state index in [9.17, 15) is 9.59 Å². The second-order valence-electron chi connectivity index (χ2n) is 8.95. The van der Waals surface area contributed by atoms with E-state index >= 15 is 0 Å². The Balaban J connectivity index is 1.94. The van der Waals surface area contributed by atoms with Gasteiger partial charge in [-0.1, -0.05) is 26.0 Å². The molecule has 0 amide bonds. The van der Waals surface area contributed by atoms with Crippen molar-refractivity contribution in [1.82, 2.24) is 0 Å². The first-order chi connectivity index (χ1) is 10.2. The first-order valence-electron chi connectivity index (χ1n) is 8.70. The number of fused-ring (bicyclic) bond motifs is 3. The van der Waals surface area contributed by atoms with Gasteiger partial charge in [-0.05, 0) is 67.9 Å². The van der Waals surface area contributed by atoms with Crippen molar-refractivity contribution in [2.75, 3.05) is 0 Å². The van der Waals surface area contributed by atoms with Crippen molar-refractivity contribution in [3.05, 3.63) is 23.8 Å². The first kappa shape index (κ1) is 14.4. The van der Waals surface area contributed by atoms with Crippen LogP contribution in [0.3, 0.4) is 0 Å². The third-order valence-electron chi connectivity index (χ3n) is 7.51. The largest absolute Gasteiger partial charge is 0.299 e. The molecule has 4 aliphatic rings. The summed E-state index contributed by atoms with van der Waals surface area (Å²) >= 11 is 0. The smallest absolute Gasteiger partial charge is 0.162 e. The molecule has 2 nitrogen and oxygen atoms in total. The normalized spacial score (nSPS) is 46.1. The maximum absolute atomic E-state index is 13.1. The van der Waals surface area contributed by atoms with Crippen molar-refractivity contribution in [3.63, 3.8) is 0 Å². The molecule has 0 aromatic heterocycles. The minimum atomic E-state index is -0.425. The molecule has 22 heavy (non-hydrogen) atoms. The Hall–Kier alpha value is -1.18. The van der Waals surface area contributed by atoms with E-state index in [4.69, 9.17) is 0 Å². The fraction of sp³-hybridized carbons (Fsp3) is 0.700. The Bertz CT molecular complexity index is 638. The number of Topliss-reactive ketones (excluding diaryl/α,β-unsaturated/α-hetero) is 1. The van der Waals surface area contributed by atoms with Crippen molar-refractivity contribution in [3.8, 4) is 0 Å². The molecule has 0 aliphatic heterocycles. The molecular weight excluding hydrogens is 272 g/mol. The van der Waals surface area contributed by atoms with Crippen molar-refractivity contribution in [2.24, 2.45) is 28.1 Å². The van der Waals surface area contributed by atoms with Gasteiger partial charge < -0.3 is 0 Å². The summed E-state index contributed by atoms with van der Waals surface area (Å²) < 4.78 is 0. The second-order valence-corrected chi connectivity index (χ2v) is 8.95. The quantitative estimate of drug-likeness (QED) is 0.626. The van der Waals surface area contributed by atoms with Crippen molar-refractivity contribution in [1.29, 1.82) is 0 Å². The zero-order valence-corrected chi connectivity index (χ0v) is 14.0. The molecule has 0 aromatic rings. The number of carbonyl (C=O) groups is 2. The van der Waals surface area contributed by atoms with E-state index in [1.165, 1.54) is 5.57 Å². The number of hydrogen-bond acceptors (Lipinski definition) is 2. The Morgan fingerprint density at radius 2 is 1.91 bits per heavy atom. The Morgan fingerprint density at radius 1 is 1.18 bits per heavy atom. The summed E-state index contributed by atoms with van der Waals surface area (Å²) in [6.45, 7) is 10.8. The number of allylic oxidation sites excluding steroid dienone is 3. The van der Waals surface area contributed by atoms with Crippen LogP contribution in [0.4, 0.5) is 0 Å². The van der Waals surface area contributed by atoms with Gasteiger partial charge in [0.25, 0.3) is 0 Å². The lowest BCUT2D eigenvalue weighted by atomic mass is 9.44. The third-order valence-corrected chi connectivity index (χ3v) is 7.51. The zero-order chi connectivity index (χ0) is 15.9. The van der Waals surface area contributed by atoms with E-state index in [0.717, 1.165) is 37.7 Å². The molecule has 0 heterocycles. The highest BCUT2D eigenvalue weighted by Gasteiger charge is 2.66. The number of carbonyl (C=O) groups excluding carboxylic acids is 2. The molecule has 4 atom stereocenters. The maximum Gasteiger partial charge on any atom is 0.162 e. The van der Waals surface area contributed by atoms with Crippen LogP contribution in [0.1, 0.15) is 59.3 Å². The highest BCUT2D eigenvalue weighted by Crippen LogP contribution is 2.68. The van der Waals surface area contributed by atoms with E-state index in [0.29, 0.717) is 18.1 Å². The van der Waals surface area contributed by atoms with Gasteiger partial charge in [0.05, 0.1) is 5.41 Å². The summed E-state index contributed by atoms with van der Waals surface area (Å²) in [5, 5.41) is 0. The van der Waals surface area contributed by atoms with Gasteiger partial charge in [0.2, 0.25) is 0 Å². The summed E-state index contributed by atoms with van der Waals surface area (Å²) in [5.41, 5.74) is 1.59. The maximum atomic E-state index is 13.1. The van der Waals surface area contributed by atoms with E-state index in [-0.39, 0.29) is 22.5 Å². The fourth-order valence-corrected chi connectivity index (χ4v) is 6.30. The predicted octanol–water partition coefficient (Wildman–Crippen LogP) is 4.25. The van der Waals surface area contributed by atoms with Gasteiger partial charge in [0.15, 0.2) is 5.78 Å². The zero-order valence-electron chi connectivity index (χ0n) is 14.0. The minimum absolute atomic E-state index is 0.0353. The molecule has 1 spiro atoms. The third kappa shape index (κ3) is 1.47. The molecule has 0 radical (unpaired) electrons. The molecule has 2 heteroatoms. The van der Waals surface area contributed by atoms with E-state index in [2.05, 4.69) is 27.4 Å². The van der Waals surface area contributed by atoms with Crippen LogP contribution in [-0.4, -0.2) is 11.6 Å². The molecule has 0 aromatic carbocycles. The highest BCUT2D eigenvalue weighted by molar-refractivity contribution is 6.02. The molecule has 0 unspecified atom stereocenters. The van der Waals surface area contributed by atoms with Crippen LogP contribution in [0.5, 0.6) is 0 Å². The van der Waals surface area contributed by atoms with Crippen LogP contribution < -0.4 is 0 Å². The van der Waals surface area contributed by atoms with Crippen LogP contribution >= 0.6 is 0 Å². The fourth-order valence-electron chi connectivity index (χ4n) is 6.30. The lowest BCUT2D eigenvalue weighted by Gasteiger charge is -2.57. The molecular formula is C20H26O2. The van der Waals surface area contributed by atoms with E-state index in [1.54, 1.807) is 0 Å². The summed E-state index contributed by atoms with van der Waals surface area (Å²) in [4.78, 5) is 26.1. The number of rotatable bonds is 0. The molecule has 118 valence electrons. The highest BCUT2D eigenvalue weighted by atomic mass is 16.1. The first-order valence-corrected chi connectivity index (χ1v) is 8.70. The summed E-state index contributed by atoms with van der Waals surface area (Å²) in [7, 11) is 0. The van der Waals surface area contributed by atoms with Crippen LogP contribution in [-0.2, 0) is 9.59 Å². The van der Waals surface area contributed by atoms with Crippen LogP contribution in [0.15, 0.2) is 23.8 Å². The monoisotopic (exact) mass is 298 g/mol. The van der Waals surface area contributed by atoms with Crippen molar-refractivity contribution < 1.29 is 9.59 Å². The lowest BCUT2D eigenvalue weighted by molar-refractivity contribution is -0.146. The molecule has 4 aliphatic carbocycles. The van der Waals surface area contributed by atoms with E-state index < -0.39 is 5.41 Å². The molecule has 3 saturated carbocycles. The van der Waals surface area contributed by atoms with Gasteiger partial charge in [-0.2, -0.15) is 0 Å². The summed E-state index contributed by atoms with van der Waals surface area (Å²) in [6, 6.07) is 0. The Labute approximate surface area is 133 Å². The van der Waals surface area contributed by atoms with Crippen LogP contribution in [0.25, 0.3) is 0 Å². The minimum Gasteiger partial charge on any atom is -0.299 e. The van der Waals surface area contributed by atoms with Gasteiger partial charge in [0, 0.05) is 11.8 Å². The van der Waals surface area contributed by atoms with Crippen LogP contribution in [0, 0.1) is 28.1 Å². The topological polar surface area (TPSA) is 34.1 Å². The standard InChI is InChI=1S/C20H26O2/c1-12-10-20-11-13(12)5-6-14(20)19(4)15(9-17(20)22)18(2,3)8-7-16(19)21/h9,13-14H,1,5-8,10-11H2,2-4H3/t13-,14+,19+,20+/m0/s1. The number of ketones is 2. The number of hydrogen-bond donors (Lipinski definition) is 0. The molecule has 0 saturated heterocycles. The summed E-state index contributed by atoms with van der Waals surface area (Å²) in [5.74, 6) is 1.35. The summed E-state index contributed by atoms with van der Waals surface area (Å²) in [6.07, 6.45) is 7.27. The molecule has 3 fully saturated rings. The van der Waals surface area contributed by atoms with Gasteiger partial charge in [-0.15, -0.1) is 0 Å². The Morgan fingerprint density at radius 3 is 2.64 bits per heavy atom. The van der Waals surface area contributed by atoms with E-state index in [1.807, 2.05) is 6.08 Å². The predicted molar refractivity (Wildman–Crippen MR) is 86.2 cm³/mol. The SMILES string of the molecule is C=C1C[C@@]23C[C@@H]1CC[C@@H]2[C@@]1(C)C(=O)CCC(C)(C)C1=CC3=O. The van der Waals surface area contributed by atoms with Gasteiger partial charge in [-0.3, -0.25) is 9.59 Å². The molecule has 2 bridgehead atoms. The second kappa shape index (κ2) is 4.01. The Kier molecular flexibility index (Phi) is 2.63. The van der Waals surface area contributed by atoms with Gasteiger partial charge >= 0.3 is 0 Å². The average Bonchev–Trinajstić information content (AvgIpc) is 2.70. The van der Waals surface area contributed by atoms with Gasteiger partial charge in [-0.25, -0.2) is 0 Å². The molecule has 0 N–H and O–H groups in total. The molecule has 4 rings (SSSR count). The lowest BCUT2D eigenvalue weighted by Crippen LogP contribution is -2.57.